The number of nitrogens with zero attached hydrogens (tertiary/aromatic N) is 2. The fourth-order valence-electron chi connectivity index (χ4n) is 2.74. The topological polar surface area (TPSA) is 117 Å². The Labute approximate surface area is 122 Å². The summed E-state index contributed by atoms with van der Waals surface area (Å²) in [5.41, 5.74) is -0.625. The van der Waals surface area contributed by atoms with Crippen LogP contribution in [-0.4, -0.2) is 39.3 Å². The molecule has 1 aromatic rings. The normalized spacial score (nSPS) is 17.1. The first-order valence-corrected chi connectivity index (χ1v) is 7.13. The van der Waals surface area contributed by atoms with E-state index in [0.717, 1.165) is 19.3 Å². The van der Waals surface area contributed by atoms with Crippen molar-refractivity contribution in [2.45, 2.75) is 50.5 Å². The van der Waals surface area contributed by atoms with Crippen molar-refractivity contribution in [2.24, 2.45) is 0 Å². The molecule has 0 atom stereocenters. The first kappa shape index (κ1) is 15.3. The molecule has 1 fully saturated rings. The van der Waals surface area contributed by atoms with Gasteiger partial charge >= 0.3 is 12.0 Å². The van der Waals surface area contributed by atoms with Crippen LogP contribution < -0.4 is 10.6 Å². The molecule has 2 rings (SSSR count). The minimum atomic E-state index is -0.885. The molecule has 0 aromatic carbocycles. The molecule has 0 unspecified atom stereocenters. The maximum atomic E-state index is 11.9. The number of aromatic nitrogens is 2. The van der Waals surface area contributed by atoms with E-state index in [0.29, 0.717) is 31.6 Å². The maximum absolute atomic E-state index is 11.9. The third kappa shape index (κ3) is 4.73. The summed E-state index contributed by atoms with van der Waals surface area (Å²) >= 11 is 0. The average molecular weight is 296 g/mol. The van der Waals surface area contributed by atoms with E-state index in [9.17, 15) is 9.59 Å². The SMILES string of the molecule is O=C(O)CC1(NC(=O)NCCc2ncon2)CCCCC1. The van der Waals surface area contributed by atoms with Crippen LogP contribution in [0.3, 0.4) is 0 Å². The molecule has 0 saturated heterocycles. The summed E-state index contributed by atoms with van der Waals surface area (Å²) in [4.78, 5) is 26.8. The second kappa shape index (κ2) is 7.05. The van der Waals surface area contributed by atoms with Crippen molar-refractivity contribution in [3.8, 4) is 0 Å². The molecule has 0 radical (unpaired) electrons. The smallest absolute Gasteiger partial charge is 0.315 e. The van der Waals surface area contributed by atoms with Gasteiger partial charge in [0, 0.05) is 13.0 Å². The van der Waals surface area contributed by atoms with Crippen molar-refractivity contribution in [2.75, 3.05) is 6.54 Å². The molecule has 1 saturated carbocycles. The van der Waals surface area contributed by atoms with Crippen LogP contribution in [0.15, 0.2) is 10.9 Å². The molecule has 0 bridgehead atoms. The van der Waals surface area contributed by atoms with Gasteiger partial charge in [0.15, 0.2) is 5.82 Å². The summed E-state index contributed by atoms with van der Waals surface area (Å²) in [6.07, 6.45) is 6.05. The maximum Gasteiger partial charge on any atom is 0.315 e. The van der Waals surface area contributed by atoms with Crippen LogP contribution in [0, 0.1) is 0 Å². The fourth-order valence-corrected chi connectivity index (χ4v) is 2.74. The number of carboxylic acids is 1. The first-order chi connectivity index (χ1) is 10.1. The van der Waals surface area contributed by atoms with E-state index in [1.807, 2.05) is 0 Å². The van der Waals surface area contributed by atoms with E-state index >= 15 is 0 Å². The highest BCUT2D eigenvalue weighted by atomic mass is 16.5. The van der Waals surface area contributed by atoms with Gasteiger partial charge in [0.05, 0.1) is 12.0 Å². The molecule has 1 aliphatic carbocycles. The third-order valence-electron chi connectivity index (χ3n) is 3.72. The molecule has 1 aromatic heterocycles. The number of urea groups is 1. The zero-order valence-corrected chi connectivity index (χ0v) is 11.8. The Kier molecular flexibility index (Phi) is 5.13. The number of carboxylic acid groups (broad SMARTS) is 1. The Bertz CT molecular complexity index is 469. The molecule has 8 heteroatoms. The summed E-state index contributed by atoms with van der Waals surface area (Å²) in [6.45, 7) is 0.370. The van der Waals surface area contributed by atoms with E-state index in [1.54, 1.807) is 0 Å². The van der Waals surface area contributed by atoms with Gasteiger partial charge in [-0.3, -0.25) is 4.79 Å². The average Bonchev–Trinajstić information content (AvgIpc) is 2.91. The van der Waals surface area contributed by atoms with Crippen LogP contribution in [0.4, 0.5) is 4.79 Å². The van der Waals surface area contributed by atoms with E-state index in [1.165, 1.54) is 6.39 Å². The Morgan fingerprint density at radius 2 is 2.10 bits per heavy atom. The number of rotatable bonds is 6. The van der Waals surface area contributed by atoms with E-state index < -0.39 is 11.5 Å². The van der Waals surface area contributed by atoms with Gasteiger partial charge in [0.25, 0.3) is 0 Å². The number of carbonyl (C=O) groups excluding carboxylic acids is 1. The Morgan fingerprint density at radius 3 is 2.71 bits per heavy atom. The van der Waals surface area contributed by atoms with Gasteiger partial charge in [0.2, 0.25) is 6.39 Å². The highest BCUT2D eigenvalue weighted by Gasteiger charge is 2.35. The minimum absolute atomic E-state index is 0.0364. The van der Waals surface area contributed by atoms with Crippen LogP contribution >= 0.6 is 0 Å². The summed E-state index contributed by atoms with van der Waals surface area (Å²) in [5, 5.41) is 18.2. The standard InChI is InChI=1S/C13H20N4O4/c18-11(19)8-13(5-2-1-3-6-13)16-12(20)14-7-4-10-15-9-21-17-10/h9H,1-8H2,(H,18,19)(H2,14,16,20). The van der Waals surface area contributed by atoms with Crippen molar-refractivity contribution in [1.29, 1.82) is 0 Å². The summed E-state index contributed by atoms with van der Waals surface area (Å²) < 4.78 is 4.60. The predicted octanol–water partition coefficient (Wildman–Crippen LogP) is 1.09. The number of nitrogens with one attached hydrogen (secondary N) is 2. The van der Waals surface area contributed by atoms with Gasteiger partial charge in [-0.2, -0.15) is 4.98 Å². The molecule has 21 heavy (non-hydrogen) atoms. The van der Waals surface area contributed by atoms with Crippen LogP contribution in [0.5, 0.6) is 0 Å². The van der Waals surface area contributed by atoms with Crippen molar-refractivity contribution in [3.63, 3.8) is 0 Å². The summed E-state index contributed by atoms with van der Waals surface area (Å²) in [7, 11) is 0. The molecule has 1 heterocycles. The molecule has 8 nitrogen and oxygen atoms in total. The summed E-state index contributed by atoms with van der Waals surface area (Å²) in [6, 6.07) is -0.346. The number of hydrogen-bond donors (Lipinski definition) is 3. The summed E-state index contributed by atoms with van der Waals surface area (Å²) in [5.74, 6) is -0.364. The lowest BCUT2D eigenvalue weighted by molar-refractivity contribution is -0.139. The van der Waals surface area contributed by atoms with Gasteiger partial charge in [-0.25, -0.2) is 4.79 Å². The molecular weight excluding hydrogens is 276 g/mol. The van der Waals surface area contributed by atoms with Crippen molar-refractivity contribution < 1.29 is 19.2 Å². The van der Waals surface area contributed by atoms with Crippen LogP contribution in [0.25, 0.3) is 0 Å². The molecule has 116 valence electrons. The fraction of sp³-hybridized carbons (Fsp3) is 0.692. The van der Waals surface area contributed by atoms with Crippen molar-refractivity contribution in [1.82, 2.24) is 20.8 Å². The molecule has 1 aliphatic rings. The second-order valence-corrected chi connectivity index (χ2v) is 5.39. The van der Waals surface area contributed by atoms with E-state index in [-0.39, 0.29) is 12.5 Å². The van der Waals surface area contributed by atoms with Crippen molar-refractivity contribution in [3.05, 3.63) is 12.2 Å². The molecular formula is C13H20N4O4. The predicted molar refractivity (Wildman–Crippen MR) is 72.6 cm³/mol. The zero-order chi connectivity index (χ0) is 15.1. The monoisotopic (exact) mass is 296 g/mol. The lowest BCUT2D eigenvalue weighted by Gasteiger charge is -2.36. The Hall–Kier alpha value is -2.12. The van der Waals surface area contributed by atoms with E-state index in [2.05, 4.69) is 25.3 Å². The molecule has 0 spiro atoms. The lowest BCUT2D eigenvalue weighted by Crippen LogP contribution is -2.54. The Balaban J connectivity index is 1.81. The van der Waals surface area contributed by atoms with E-state index in [4.69, 9.17) is 5.11 Å². The zero-order valence-electron chi connectivity index (χ0n) is 11.8. The molecule has 0 aliphatic heterocycles. The Morgan fingerprint density at radius 1 is 1.33 bits per heavy atom. The molecule has 3 N–H and O–H groups in total. The van der Waals surface area contributed by atoms with Gasteiger partial charge in [0.1, 0.15) is 0 Å². The van der Waals surface area contributed by atoms with Gasteiger partial charge < -0.3 is 20.3 Å². The lowest BCUT2D eigenvalue weighted by atomic mass is 9.79. The number of aliphatic carboxylic acids is 1. The largest absolute Gasteiger partial charge is 0.481 e. The van der Waals surface area contributed by atoms with Crippen LogP contribution in [0.2, 0.25) is 0 Å². The van der Waals surface area contributed by atoms with Gasteiger partial charge in [-0.05, 0) is 12.8 Å². The number of amides is 2. The number of hydrogen-bond acceptors (Lipinski definition) is 5. The minimum Gasteiger partial charge on any atom is -0.481 e. The molecule has 2 amide bonds. The quantitative estimate of drug-likeness (QED) is 0.723. The third-order valence-corrected chi connectivity index (χ3v) is 3.72. The first-order valence-electron chi connectivity index (χ1n) is 7.13. The van der Waals surface area contributed by atoms with Gasteiger partial charge in [-0.1, -0.05) is 24.4 Å². The van der Waals surface area contributed by atoms with Crippen LogP contribution in [0.1, 0.15) is 44.3 Å². The number of carbonyl (C=O) groups is 2. The van der Waals surface area contributed by atoms with Crippen LogP contribution in [-0.2, 0) is 11.2 Å². The van der Waals surface area contributed by atoms with Gasteiger partial charge in [-0.15, -0.1) is 0 Å². The van der Waals surface area contributed by atoms with Crippen molar-refractivity contribution >= 4 is 12.0 Å². The highest BCUT2D eigenvalue weighted by Crippen LogP contribution is 2.31. The highest BCUT2D eigenvalue weighted by molar-refractivity contribution is 5.76. The second-order valence-electron chi connectivity index (χ2n) is 5.39.